The topological polar surface area (TPSA) is 79.2 Å². The molecule has 6 nitrogen and oxygen atoms in total. The molecule has 0 spiro atoms. The number of aliphatic hydroxyl groups excluding tert-OH is 1. The van der Waals surface area contributed by atoms with Crippen LogP contribution in [0.1, 0.15) is 22.9 Å². The maximum atomic E-state index is 12.8. The third-order valence-corrected chi connectivity index (χ3v) is 3.49. The second kappa shape index (κ2) is 7.04. The van der Waals surface area contributed by atoms with E-state index in [9.17, 15) is 14.3 Å². The van der Waals surface area contributed by atoms with Crippen LogP contribution in [0.4, 0.5) is 9.18 Å². The third-order valence-electron chi connectivity index (χ3n) is 3.49. The average Bonchev–Trinajstić information content (AvgIpc) is 2.83. The van der Waals surface area contributed by atoms with Crippen molar-refractivity contribution in [3.63, 3.8) is 0 Å². The molecule has 0 saturated heterocycles. The van der Waals surface area contributed by atoms with Crippen LogP contribution in [0.5, 0.6) is 0 Å². The fourth-order valence-electron chi connectivity index (χ4n) is 1.95. The van der Waals surface area contributed by atoms with Crippen LogP contribution in [0.15, 0.2) is 30.5 Å². The predicted octanol–water partition coefficient (Wildman–Crippen LogP) is 1.40. The van der Waals surface area contributed by atoms with Crippen LogP contribution in [0.25, 0.3) is 0 Å². The van der Waals surface area contributed by atoms with Gasteiger partial charge in [-0.05, 0) is 24.6 Å². The van der Waals surface area contributed by atoms with Gasteiger partial charge in [0.15, 0.2) is 0 Å². The molecule has 0 radical (unpaired) electrons. The third kappa shape index (κ3) is 4.05. The van der Waals surface area contributed by atoms with Gasteiger partial charge >= 0.3 is 6.03 Å². The Morgan fingerprint density at radius 1 is 1.36 bits per heavy atom. The van der Waals surface area contributed by atoms with E-state index >= 15 is 0 Å². The van der Waals surface area contributed by atoms with Gasteiger partial charge in [0.1, 0.15) is 5.82 Å². The number of nitrogens with one attached hydrogen (secondary N) is 2. The summed E-state index contributed by atoms with van der Waals surface area (Å²) in [5.74, 6) is -0.367. The number of rotatable bonds is 5. The number of hydrogen-bond donors (Lipinski definition) is 3. The number of aryl methyl sites for hydroxylation is 1. The maximum absolute atomic E-state index is 12.8. The first-order chi connectivity index (χ1) is 10.5. The van der Waals surface area contributed by atoms with Crippen LogP contribution in [0, 0.1) is 12.7 Å². The molecule has 0 bridgehead atoms. The van der Waals surface area contributed by atoms with E-state index in [0.29, 0.717) is 12.1 Å². The molecule has 0 aliphatic heterocycles. The van der Waals surface area contributed by atoms with E-state index in [-0.39, 0.29) is 18.4 Å². The van der Waals surface area contributed by atoms with Crippen molar-refractivity contribution in [3.05, 3.63) is 53.1 Å². The van der Waals surface area contributed by atoms with Gasteiger partial charge in [-0.2, -0.15) is 5.10 Å². The van der Waals surface area contributed by atoms with Crippen molar-refractivity contribution in [1.82, 2.24) is 20.4 Å². The smallest absolute Gasteiger partial charge is 0.315 e. The lowest BCUT2D eigenvalue weighted by molar-refractivity contribution is 0.173. The Morgan fingerprint density at radius 3 is 2.64 bits per heavy atom. The second-order valence-electron chi connectivity index (χ2n) is 5.01. The minimum Gasteiger partial charge on any atom is -0.387 e. The summed E-state index contributed by atoms with van der Waals surface area (Å²) < 4.78 is 14.5. The minimum absolute atomic E-state index is 0.0451. The molecule has 2 rings (SSSR count). The number of benzene rings is 1. The molecule has 0 saturated carbocycles. The first-order valence-electron chi connectivity index (χ1n) is 6.90. The first-order valence-corrected chi connectivity index (χ1v) is 6.90. The zero-order valence-corrected chi connectivity index (χ0v) is 12.5. The van der Waals surface area contributed by atoms with Crippen LogP contribution in [0.3, 0.4) is 0 Å². The van der Waals surface area contributed by atoms with Gasteiger partial charge in [0, 0.05) is 31.4 Å². The lowest BCUT2D eigenvalue weighted by Gasteiger charge is -2.13. The van der Waals surface area contributed by atoms with Gasteiger partial charge in [0.05, 0.1) is 12.3 Å². The van der Waals surface area contributed by atoms with Crippen molar-refractivity contribution in [1.29, 1.82) is 0 Å². The number of hydrogen-bond acceptors (Lipinski definition) is 3. The lowest BCUT2D eigenvalue weighted by atomic mass is 10.1. The number of carbonyl (C=O) groups excluding carboxylic acids is 1. The maximum Gasteiger partial charge on any atom is 0.315 e. The fraction of sp³-hybridized carbons (Fsp3) is 0.333. The molecule has 1 atom stereocenters. The molecule has 0 aliphatic rings. The van der Waals surface area contributed by atoms with Crippen molar-refractivity contribution in [2.75, 3.05) is 6.54 Å². The van der Waals surface area contributed by atoms with Crippen molar-refractivity contribution in [2.45, 2.75) is 19.6 Å². The summed E-state index contributed by atoms with van der Waals surface area (Å²) in [7, 11) is 1.83. The standard InChI is InChI=1S/C15H19FN4O2/c1-10-12(8-19-20(10)2)7-17-15(22)18-9-14(21)11-3-5-13(16)6-4-11/h3-6,8,14,21H,7,9H2,1-2H3,(H2,17,18,22). The van der Waals surface area contributed by atoms with Gasteiger partial charge in [0.25, 0.3) is 0 Å². The summed E-state index contributed by atoms with van der Waals surface area (Å²) in [6.45, 7) is 2.32. The number of nitrogens with zero attached hydrogens (tertiary/aromatic N) is 2. The normalized spacial score (nSPS) is 12.0. The highest BCUT2D eigenvalue weighted by atomic mass is 19.1. The van der Waals surface area contributed by atoms with Gasteiger partial charge in [-0.25, -0.2) is 9.18 Å². The zero-order valence-electron chi connectivity index (χ0n) is 12.5. The SMILES string of the molecule is Cc1c(CNC(=O)NCC(O)c2ccc(F)cc2)cnn1C. The zero-order chi connectivity index (χ0) is 16.1. The molecule has 3 N–H and O–H groups in total. The van der Waals surface area contributed by atoms with Crippen LogP contribution >= 0.6 is 0 Å². The molecule has 0 fully saturated rings. The quantitative estimate of drug-likeness (QED) is 0.781. The number of carbonyl (C=O) groups is 1. The van der Waals surface area contributed by atoms with Crippen LogP contribution in [-0.2, 0) is 13.6 Å². The summed E-state index contributed by atoms with van der Waals surface area (Å²) in [4.78, 5) is 11.7. The molecule has 0 aliphatic carbocycles. The van der Waals surface area contributed by atoms with Crippen molar-refractivity contribution in [2.24, 2.45) is 7.05 Å². The van der Waals surface area contributed by atoms with Crippen molar-refractivity contribution >= 4 is 6.03 Å². The monoisotopic (exact) mass is 306 g/mol. The van der Waals surface area contributed by atoms with Gasteiger partial charge < -0.3 is 15.7 Å². The summed E-state index contributed by atoms with van der Waals surface area (Å²) in [6.07, 6.45) is 0.815. The average molecular weight is 306 g/mol. The Bertz CT molecular complexity index is 639. The summed E-state index contributed by atoms with van der Waals surface area (Å²) in [5, 5.41) is 19.3. The van der Waals surface area contributed by atoms with Gasteiger partial charge in [-0.3, -0.25) is 4.68 Å². The molecule has 1 unspecified atom stereocenters. The highest BCUT2D eigenvalue weighted by molar-refractivity contribution is 5.73. The number of halogens is 1. The van der Waals surface area contributed by atoms with Crippen LogP contribution in [0.2, 0.25) is 0 Å². The van der Waals surface area contributed by atoms with E-state index in [4.69, 9.17) is 0 Å². The van der Waals surface area contributed by atoms with Gasteiger partial charge in [-0.15, -0.1) is 0 Å². The largest absolute Gasteiger partial charge is 0.387 e. The number of amides is 2. The summed E-state index contributed by atoms with van der Waals surface area (Å²) in [6, 6.07) is 5.12. The number of urea groups is 1. The van der Waals surface area contributed by atoms with E-state index < -0.39 is 6.10 Å². The lowest BCUT2D eigenvalue weighted by Crippen LogP contribution is -2.37. The molecule has 1 heterocycles. The number of aromatic nitrogens is 2. The Labute approximate surface area is 128 Å². The molecular formula is C15H19FN4O2. The molecule has 1 aromatic heterocycles. The Balaban J connectivity index is 1.77. The predicted molar refractivity (Wildman–Crippen MR) is 79.5 cm³/mol. The first kappa shape index (κ1) is 16.0. The van der Waals surface area contributed by atoms with E-state index in [1.807, 2.05) is 14.0 Å². The fourth-order valence-corrected chi connectivity index (χ4v) is 1.95. The van der Waals surface area contributed by atoms with Crippen molar-refractivity contribution in [3.8, 4) is 0 Å². The Hall–Kier alpha value is -2.41. The second-order valence-corrected chi connectivity index (χ2v) is 5.01. The molecule has 7 heteroatoms. The molecular weight excluding hydrogens is 287 g/mol. The van der Waals surface area contributed by atoms with Gasteiger partial charge in [0.2, 0.25) is 0 Å². The van der Waals surface area contributed by atoms with Gasteiger partial charge in [-0.1, -0.05) is 12.1 Å². The van der Waals surface area contributed by atoms with Crippen molar-refractivity contribution < 1.29 is 14.3 Å². The molecule has 1 aromatic carbocycles. The Kier molecular flexibility index (Phi) is 5.11. The molecule has 2 aromatic rings. The van der Waals surface area contributed by atoms with E-state index in [1.54, 1.807) is 10.9 Å². The van der Waals surface area contributed by atoms with Crippen LogP contribution < -0.4 is 10.6 Å². The summed E-state index contributed by atoms with van der Waals surface area (Å²) >= 11 is 0. The van der Waals surface area contributed by atoms with E-state index in [0.717, 1.165) is 11.3 Å². The molecule has 2 amide bonds. The molecule has 118 valence electrons. The summed E-state index contributed by atoms with van der Waals surface area (Å²) in [5.41, 5.74) is 2.45. The minimum atomic E-state index is -0.883. The van der Waals surface area contributed by atoms with E-state index in [2.05, 4.69) is 15.7 Å². The number of aliphatic hydroxyl groups is 1. The highest BCUT2D eigenvalue weighted by Crippen LogP contribution is 2.12. The highest BCUT2D eigenvalue weighted by Gasteiger charge is 2.10. The van der Waals surface area contributed by atoms with E-state index in [1.165, 1.54) is 24.3 Å². The Morgan fingerprint density at radius 2 is 2.05 bits per heavy atom. The molecule has 22 heavy (non-hydrogen) atoms. The van der Waals surface area contributed by atoms with Crippen LogP contribution in [-0.4, -0.2) is 27.5 Å².